The summed E-state index contributed by atoms with van der Waals surface area (Å²) < 4.78 is 1.88. The summed E-state index contributed by atoms with van der Waals surface area (Å²) in [6, 6.07) is 5.42. The van der Waals surface area contributed by atoms with Crippen LogP contribution in [0, 0.1) is 19.3 Å². The maximum Gasteiger partial charge on any atom is 0.124 e. The van der Waals surface area contributed by atoms with Crippen LogP contribution in [-0.4, -0.2) is 15.6 Å². The lowest BCUT2D eigenvalue weighted by molar-refractivity contribution is 0.832. The zero-order valence-electron chi connectivity index (χ0n) is 11.3. The maximum atomic E-state index is 7.43. The molecular formula is C14H17ClN4. The van der Waals surface area contributed by atoms with Crippen LogP contribution >= 0.6 is 11.6 Å². The van der Waals surface area contributed by atoms with Crippen LogP contribution in [0.5, 0.6) is 0 Å². The minimum Gasteiger partial charge on any atom is -0.384 e. The third-order valence-electron chi connectivity index (χ3n) is 3.28. The molecule has 0 fully saturated rings. The lowest BCUT2D eigenvalue weighted by Gasteiger charge is -2.08. The van der Waals surface area contributed by atoms with Gasteiger partial charge in [0.1, 0.15) is 5.84 Å². The number of hydrogen-bond acceptors (Lipinski definition) is 2. The van der Waals surface area contributed by atoms with E-state index >= 15 is 0 Å². The van der Waals surface area contributed by atoms with Gasteiger partial charge in [0.25, 0.3) is 0 Å². The highest BCUT2D eigenvalue weighted by atomic mass is 35.5. The Kier molecular flexibility index (Phi) is 3.62. The van der Waals surface area contributed by atoms with Gasteiger partial charge in [0.15, 0.2) is 0 Å². The van der Waals surface area contributed by atoms with E-state index in [1.807, 2.05) is 24.6 Å². The van der Waals surface area contributed by atoms with E-state index < -0.39 is 0 Å². The van der Waals surface area contributed by atoms with Gasteiger partial charge < -0.3 is 5.73 Å². The van der Waals surface area contributed by atoms with Gasteiger partial charge >= 0.3 is 0 Å². The van der Waals surface area contributed by atoms with Gasteiger partial charge in [0.05, 0.1) is 16.4 Å². The average molecular weight is 277 g/mol. The Labute approximate surface area is 117 Å². The second kappa shape index (κ2) is 5.05. The first-order valence-corrected chi connectivity index (χ1v) is 6.53. The fourth-order valence-corrected chi connectivity index (χ4v) is 2.57. The van der Waals surface area contributed by atoms with Crippen molar-refractivity contribution in [2.45, 2.75) is 27.2 Å². The lowest BCUT2D eigenvalue weighted by Crippen LogP contribution is -2.12. The van der Waals surface area contributed by atoms with Crippen molar-refractivity contribution in [3.63, 3.8) is 0 Å². The highest BCUT2D eigenvalue weighted by molar-refractivity contribution is 6.34. The van der Waals surface area contributed by atoms with E-state index in [2.05, 4.69) is 12.0 Å². The van der Waals surface area contributed by atoms with Crippen molar-refractivity contribution in [1.29, 1.82) is 5.41 Å². The Bertz CT molecular complexity index is 643. The second-order valence-electron chi connectivity index (χ2n) is 4.49. The first-order chi connectivity index (χ1) is 8.95. The van der Waals surface area contributed by atoms with Crippen LogP contribution in [-0.2, 0) is 6.42 Å². The fourth-order valence-electron chi connectivity index (χ4n) is 2.29. The molecule has 0 bridgehead atoms. The highest BCUT2D eigenvalue weighted by Gasteiger charge is 2.12. The molecule has 2 aromatic rings. The Hall–Kier alpha value is -1.81. The molecular weight excluding hydrogens is 260 g/mol. The zero-order valence-corrected chi connectivity index (χ0v) is 12.0. The molecule has 0 atom stereocenters. The van der Waals surface area contributed by atoms with Gasteiger partial charge in [-0.3, -0.25) is 5.41 Å². The lowest BCUT2D eigenvalue weighted by atomic mass is 10.1. The third-order valence-corrected chi connectivity index (χ3v) is 3.59. The van der Waals surface area contributed by atoms with Crippen molar-refractivity contribution >= 4 is 17.4 Å². The van der Waals surface area contributed by atoms with Crippen LogP contribution in [0.4, 0.5) is 0 Å². The first-order valence-electron chi connectivity index (χ1n) is 6.15. The van der Waals surface area contributed by atoms with Gasteiger partial charge in [-0.05, 0) is 44.0 Å². The summed E-state index contributed by atoms with van der Waals surface area (Å²) in [7, 11) is 0. The van der Waals surface area contributed by atoms with Gasteiger partial charge in [-0.15, -0.1) is 0 Å². The number of aromatic nitrogens is 2. The predicted molar refractivity (Wildman–Crippen MR) is 78.4 cm³/mol. The van der Waals surface area contributed by atoms with Crippen molar-refractivity contribution < 1.29 is 0 Å². The number of amidine groups is 1. The molecule has 1 aromatic carbocycles. The number of halogens is 1. The van der Waals surface area contributed by atoms with Crippen LogP contribution in [0.2, 0.25) is 5.02 Å². The minimum atomic E-state index is -0.0286. The molecule has 4 nitrogen and oxygen atoms in total. The van der Waals surface area contributed by atoms with E-state index in [4.69, 9.17) is 22.7 Å². The van der Waals surface area contributed by atoms with Crippen molar-refractivity contribution in [3.8, 4) is 5.69 Å². The first kappa shape index (κ1) is 13.6. The summed E-state index contributed by atoms with van der Waals surface area (Å²) >= 11 is 6.15. The molecule has 0 aliphatic heterocycles. The summed E-state index contributed by atoms with van der Waals surface area (Å²) in [6.07, 6.45) is 0.955. The Morgan fingerprint density at radius 2 is 2.11 bits per heavy atom. The van der Waals surface area contributed by atoms with Gasteiger partial charge in [-0.1, -0.05) is 18.5 Å². The van der Waals surface area contributed by atoms with Gasteiger partial charge in [-0.2, -0.15) is 5.10 Å². The van der Waals surface area contributed by atoms with E-state index in [-0.39, 0.29) is 5.84 Å². The number of nitrogens with two attached hydrogens (primary N) is 1. The molecule has 0 amide bonds. The smallest absolute Gasteiger partial charge is 0.124 e. The van der Waals surface area contributed by atoms with Crippen molar-refractivity contribution in [2.24, 2.45) is 5.73 Å². The quantitative estimate of drug-likeness (QED) is 0.668. The zero-order chi connectivity index (χ0) is 14.2. The molecule has 5 heteroatoms. The standard InChI is InChI=1S/C14H17ClN4/c1-4-11-8(2)18-19(9(11)3)10-5-6-12(14(16)17)13(15)7-10/h5-7H,4H2,1-3H3,(H3,16,17). The van der Waals surface area contributed by atoms with Crippen LogP contribution < -0.4 is 5.73 Å². The summed E-state index contributed by atoms with van der Waals surface area (Å²) in [6.45, 7) is 6.17. The van der Waals surface area contributed by atoms with Crippen molar-refractivity contribution in [3.05, 3.63) is 45.7 Å². The Morgan fingerprint density at radius 3 is 2.58 bits per heavy atom. The number of hydrogen-bond donors (Lipinski definition) is 2. The Morgan fingerprint density at radius 1 is 1.42 bits per heavy atom. The summed E-state index contributed by atoms with van der Waals surface area (Å²) in [5.41, 5.74) is 10.3. The molecule has 1 heterocycles. The topological polar surface area (TPSA) is 67.7 Å². The van der Waals surface area contributed by atoms with E-state index in [0.29, 0.717) is 10.6 Å². The molecule has 100 valence electrons. The molecule has 0 aliphatic rings. The number of nitrogens with zero attached hydrogens (tertiary/aromatic N) is 2. The van der Waals surface area contributed by atoms with Gasteiger partial charge in [0.2, 0.25) is 0 Å². The van der Waals surface area contributed by atoms with E-state index in [1.54, 1.807) is 12.1 Å². The SMILES string of the molecule is CCc1c(C)nn(-c2ccc(C(=N)N)c(Cl)c2)c1C. The molecule has 0 unspecified atom stereocenters. The molecule has 0 saturated carbocycles. The molecule has 0 radical (unpaired) electrons. The molecule has 3 N–H and O–H groups in total. The summed E-state index contributed by atoms with van der Waals surface area (Å²) in [5, 5.41) is 12.4. The number of nitrogens with one attached hydrogen (secondary N) is 1. The molecule has 2 rings (SSSR count). The molecule has 0 spiro atoms. The van der Waals surface area contributed by atoms with Gasteiger partial charge in [0, 0.05) is 11.3 Å². The normalized spacial score (nSPS) is 10.7. The molecule has 0 aliphatic carbocycles. The van der Waals surface area contributed by atoms with Gasteiger partial charge in [-0.25, -0.2) is 4.68 Å². The average Bonchev–Trinajstić information content (AvgIpc) is 2.63. The van der Waals surface area contributed by atoms with E-state index in [0.717, 1.165) is 23.5 Å². The van der Waals surface area contributed by atoms with Crippen molar-refractivity contribution in [1.82, 2.24) is 9.78 Å². The molecule has 1 aromatic heterocycles. The monoisotopic (exact) mass is 276 g/mol. The number of rotatable bonds is 3. The number of nitrogen functional groups attached to an aromatic ring is 1. The van der Waals surface area contributed by atoms with Crippen LogP contribution in [0.3, 0.4) is 0 Å². The molecule has 19 heavy (non-hydrogen) atoms. The van der Waals surface area contributed by atoms with Crippen LogP contribution in [0.1, 0.15) is 29.4 Å². The van der Waals surface area contributed by atoms with Crippen LogP contribution in [0.15, 0.2) is 18.2 Å². The fraction of sp³-hybridized carbons (Fsp3) is 0.286. The van der Waals surface area contributed by atoms with Crippen LogP contribution in [0.25, 0.3) is 5.69 Å². The molecule has 0 saturated heterocycles. The van der Waals surface area contributed by atoms with E-state index in [9.17, 15) is 0 Å². The highest BCUT2D eigenvalue weighted by Crippen LogP contribution is 2.23. The maximum absolute atomic E-state index is 7.43. The summed E-state index contributed by atoms with van der Waals surface area (Å²) in [4.78, 5) is 0. The number of aryl methyl sites for hydroxylation is 1. The predicted octanol–water partition coefficient (Wildman–Crippen LogP) is 2.99. The van der Waals surface area contributed by atoms with Crippen molar-refractivity contribution in [2.75, 3.05) is 0 Å². The Balaban J connectivity index is 2.54. The number of benzene rings is 1. The summed E-state index contributed by atoms with van der Waals surface area (Å²) in [5.74, 6) is -0.0286. The third kappa shape index (κ3) is 2.36. The minimum absolute atomic E-state index is 0.0286. The van der Waals surface area contributed by atoms with E-state index in [1.165, 1.54) is 5.56 Å². The second-order valence-corrected chi connectivity index (χ2v) is 4.90. The largest absolute Gasteiger partial charge is 0.384 e.